The highest BCUT2D eigenvalue weighted by Gasteiger charge is 2.12. The van der Waals surface area contributed by atoms with Crippen LogP contribution in [0.1, 0.15) is 33.9 Å². The summed E-state index contributed by atoms with van der Waals surface area (Å²) in [4.78, 5) is 0. The molecule has 18 heavy (non-hydrogen) atoms. The summed E-state index contributed by atoms with van der Waals surface area (Å²) in [7, 11) is 0. The van der Waals surface area contributed by atoms with E-state index in [2.05, 4.69) is 32.9 Å². The Morgan fingerprint density at radius 1 is 0.944 bits per heavy atom. The van der Waals surface area contributed by atoms with Crippen LogP contribution in [0.4, 0.5) is 0 Å². The Balaban J connectivity index is 2.25. The maximum absolute atomic E-state index is 10.3. The molecule has 2 aromatic carbocycles. The highest BCUT2D eigenvalue weighted by Crippen LogP contribution is 2.23. The molecule has 1 atom stereocenters. The van der Waals surface area contributed by atoms with Crippen LogP contribution in [0.15, 0.2) is 42.5 Å². The Morgan fingerprint density at radius 3 is 2.06 bits per heavy atom. The Bertz CT molecular complexity index is 506. The molecule has 0 heterocycles. The van der Waals surface area contributed by atoms with Crippen LogP contribution in [0.2, 0.25) is 0 Å². The Morgan fingerprint density at radius 2 is 1.50 bits per heavy atom. The molecular formula is C17H20O. The summed E-state index contributed by atoms with van der Waals surface area (Å²) in [6.45, 7) is 6.34. The highest BCUT2D eigenvalue weighted by molar-refractivity contribution is 5.38. The SMILES string of the molecule is Cc1cc(C)c(CC(O)c2ccccc2)c(C)c1. The van der Waals surface area contributed by atoms with Crippen molar-refractivity contribution >= 4 is 0 Å². The molecule has 0 amide bonds. The van der Waals surface area contributed by atoms with Gasteiger partial charge in [0, 0.05) is 6.42 Å². The molecule has 0 fully saturated rings. The lowest BCUT2D eigenvalue weighted by Crippen LogP contribution is -2.05. The van der Waals surface area contributed by atoms with Crippen LogP contribution >= 0.6 is 0 Å². The zero-order valence-electron chi connectivity index (χ0n) is 11.3. The molecule has 94 valence electrons. The number of aliphatic hydroxyl groups is 1. The van der Waals surface area contributed by atoms with E-state index in [0.717, 1.165) is 5.56 Å². The lowest BCUT2D eigenvalue weighted by molar-refractivity contribution is 0.178. The van der Waals surface area contributed by atoms with E-state index >= 15 is 0 Å². The van der Waals surface area contributed by atoms with Gasteiger partial charge in [0.15, 0.2) is 0 Å². The van der Waals surface area contributed by atoms with Crippen LogP contribution in [0, 0.1) is 20.8 Å². The molecule has 1 nitrogen and oxygen atoms in total. The Hall–Kier alpha value is -1.60. The number of hydrogen-bond donors (Lipinski definition) is 1. The minimum atomic E-state index is -0.425. The van der Waals surface area contributed by atoms with Gasteiger partial charge in [0.05, 0.1) is 6.10 Å². The van der Waals surface area contributed by atoms with Crippen molar-refractivity contribution in [2.24, 2.45) is 0 Å². The van der Waals surface area contributed by atoms with Crippen molar-refractivity contribution in [1.29, 1.82) is 0 Å². The number of aryl methyl sites for hydroxylation is 3. The smallest absolute Gasteiger partial charge is 0.0830 e. The minimum Gasteiger partial charge on any atom is -0.388 e. The fourth-order valence-electron chi connectivity index (χ4n) is 2.52. The summed E-state index contributed by atoms with van der Waals surface area (Å²) in [5, 5.41) is 10.3. The number of aliphatic hydroxyl groups excluding tert-OH is 1. The normalized spacial score (nSPS) is 12.4. The minimum absolute atomic E-state index is 0.425. The summed E-state index contributed by atoms with van der Waals surface area (Å²) in [6, 6.07) is 14.2. The lowest BCUT2D eigenvalue weighted by Gasteiger charge is -2.16. The van der Waals surface area contributed by atoms with Gasteiger partial charge in [0.25, 0.3) is 0 Å². The van der Waals surface area contributed by atoms with E-state index in [1.54, 1.807) is 0 Å². The number of benzene rings is 2. The van der Waals surface area contributed by atoms with Crippen LogP contribution in [-0.2, 0) is 6.42 Å². The first-order chi connectivity index (χ1) is 8.58. The van der Waals surface area contributed by atoms with Gasteiger partial charge in [-0.2, -0.15) is 0 Å². The van der Waals surface area contributed by atoms with Crippen molar-refractivity contribution in [3.05, 3.63) is 70.3 Å². The standard InChI is InChI=1S/C17H20O/c1-12-9-13(2)16(14(3)10-12)11-17(18)15-7-5-4-6-8-15/h4-10,17-18H,11H2,1-3H3. The highest BCUT2D eigenvalue weighted by atomic mass is 16.3. The van der Waals surface area contributed by atoms with E-state index in [9.17, 15) is 5.11 Å². The molecule has 0 aliphatic rings. The fraction of sp³-hybridized carbons (Fsp3) is 0.294. The fourth-order valence-corrected chi connectivity index (χ4v) is 2.52. The molecule has 0 spiro atoms. The molecule has 0 bridgehead atoms. The summed E-state index contributed by atoms with van der Waals surface area (Å²) in [5.41, 5.74) is 6.06. The van der Waals surface area contributed by atoms with Crippen molar-refractivity contribution in [3.63, 3.8) is 0 Å². The van der Waals surface area contributed by atoms with Gasteiger partial charge < -0.3 is 5.11 Å². The topological polar surface area (TPSA) is 20.2 Å². The zero-order valence-corrected chi connectivity index (χ0v) is 11.3. The summed E-state index contributed by atoms with van der Waals surface area (Å²) in [5.74, 6) is 0. The predicted octanol–water partition coefficient (Wildman–Crippen LogP) is 3.89. The van der Waals surface area contributed by atoms with Crippen molar-refractivity contribution in [2.45, 2.75) is 33.3 Å². The van der Waals surface area contributed by atoms with Crippen molar-refractivity contribution in [1.82, 2.24) is 0 Å². The third-order valence-corrected chi connectivity index (χ3v) is 3.42. The van der Waals surface area contributed by atoms with E-state index < -0.39 is 6.10 Å². The van der Waals surface area contributed by atoms with E-state index in [1.165, 1.54) is 22.3 Å². The van der Waals surface area contributed by atoms with Gasteiger partial charge in [0.2, 0.25) is 0 Å². The predicted molar refractivity (Wildman–Crippen MR) is 75.8 cm³/mol. The molecule has 1 heteroatoms. The van der Waals surface area contributed by atoms with E-state index in [-0.39, 0.29) is 0 Å². The van der Waals surface area contributed by atoms with Crippen molar-refractivity contribution < 1.29 is 5.11 Å². The molecule has 1 unspecified atom stereocenters. The first-order valence-electron chi connectivity index (χ1n) is 6.37. The van der Waals surface area contributed by atoms with Gasteiger partial charge in [-0.3, -0.25) is 0 Å². The number of rotatable bonds is 3. The van der Waals surface area contributed by atoms with Crippen molar-refractivity contribution in [2.75, 3.05) is 0 Å². The monoisotopic (exact) mass is 240 g/mol. The van der Waals surface area contributed by atoms with Gasteiger partial charge in [-0.1, -0.05) is 48.0 Å². The van der Waals surface area contributed by atoms with Crippen molar-refractivity contribution in [3.8, 4) is 0 Å². The molecule has 2 rings (SSSR count). The van der Waals surface area contributed by atoms with Gasteiger partial charge in [-0.15, -0.1) is 0 Å². The molecule has 0 aliphatic carbocycles. The van der Waals surface area contributed by atoms with Crippen LogP contribution in [0.25, 0.3) is 0 Å². The van der Waals surface area contributed by atoms with Crippen LogP contribution in [0.3, 0.4) is 0 Å². The Kier molecular flexibility index (Phi) is 3.83. The van der Waals surface area contributed by atoms with E-state index in [4.69, 9.17) is 0 Å². The first-order valence-corrected chi connectivity index (χ1v) is 6.37. The van der Waals surface area contributed by atoms with Crippen LogP contribution in [0.5, 0.6) is 0 Å². The van der Waals surface area contributed by atoms with Gasteiger partial charge in [-0.05, 0) is 43.0 Å². The molecule has 0 aromatic heterocycles. The molecular weight excluding hydrogens is 220 g/mol. The van der Waals surface area contributed by atoms with E-state index in [1.807, 2.05) is 30.3 Å². The number of hydrogen-bond acceptors (Lipinski definition) is 1. The largest absolute Gasteiger partial charge is 0.388 e. The maximum atomic E-state index is 10.3. The first kappa shape index (κ1) is 12.8. The van der Waals surface area contributed by atoms with Crippen LogP contribution < -0.4 is 0 Å². The average Bonchev–Trinajstić information content (AvgIpc) is 2.34. The third kappa shape index (κ3) is 2.80. The molecule has 0 saturated carbocycles. The lowest BCUT2D eigenvalue weighted by atomic mass is 9.93. The maximum Gasteiger partial charge on any atom is 0.0830 e. The molecule has 0 aliphatic heterocycles. The summed E-state index contributed by atoms with van der Waals surface area (Å²) >= 11 is 0. The average molecular weight is 240 g/mol. The van der Waals surface area contributed by atoms with Crippen LogP contribution in [-0.4, -0.2) is 5.11 Å². The Labute approximate surface area is 109 Å². The summed E-state index contributed by atoms with van der Waals surface area (Å²) < 4.78 is 0. The van der Waals surface area contributed by atoms with E-state index in [0.29, 0.717) is 6.42 Å². The zero-order chi connectivity index (χ0) is 13.1. The molecule has 0 radical (unpaired) electrons. The second kappa shape index (κ2) is 5.36. The molecule has 2 aromatic rings. The second-order valence-corrected chi connectivity index (χ2v) is 5.01. The van der Waals surface area contributed by atoms with Gasteiger partial charge >= 0.3 is 0 Å². The molecule has 0 saturated heterocycles. The quantitative estimate of drug-likeness (QED) is 0.863. The third-order valence-electron chi connectivity index (χ3n) is 3.42. The van der Waals surface area contributed by atoms with Gasteiger partial charge in [-0.25, -0.2) is 0 Å². The summed E-state index contributed by atoms with van der Waals surface area (Å²) in [6.07, 6.45) is 0.258. The van der Waals surface area contributed by atoms with Gasteiger partial charge in [0.1, 0.15) is 0 Å². The molecule has 1 N–H and O–H groups in total. The second-order valence-electron chi connectivity index (χ2n) is 5.01.